The van der Waals surface area contributed by atoms with E-state index < -0.39 is 0 Å². The van der Waals surface area contributed by atoms with Gasteiger partial charge in [-0.2, -0.15) is 0 Å². The third-order valence-electron chi connectivity index (χ3n) is 3.16. The fraction of sp³-hybridized carbons (Fsp3) is 0.429. The molecule has 0 spiro atoms. The minimum absolute atomic E-state index is 0.621. The topological polar surface area (TPSA) is 3.24 Å². The monoisotopic (exact) mass is 235 g/mol. The number of benzene rings is 1. The van der Waals surface area contributed by atoms with E-state index >= 15 is 0 Å². The van der Waals surface area contributed by atoms with Crippen LogP contribution in [0.2, 0.25) is 0 Å². The first kappa shape index (κ1) is 11.7. The van der Waals surface area contributed by atoms with Crippen LogP contribution in [-0.4, -0.2) is 30.4 Å². The zero-order chi connectivity index (χ0) is 11.2. The second kappa shape index (κ2) is 6.07. The molecule has 2 heteroatoms. The smallest absolute Gasteiger partial charge is 0.0404 e. The lowest BCUT2D eigenvalue weighted by Gasteiger charge is -2.13. The maximum absolute atomic E-state index is 5.61. The fourth-order valence-corrected chi connectivity index (χ4v) is 2.41. The van der Waals surface area contributed by atoms with Crippen molar-refractivity contribution >= 4 is 11.6 Å². The number of hydrogen-bond acceptors (Lipinski definition) is 1. The average molecular weight is 236 g/mol. The number of allylic oxidation sites excluding steroid dienone is 1. The number of rotatable bonds is 4. The quantitative estimate of drug-likeness (QED) is 0.572. The number of likely N-dealkylation sites (tertiary alicyclic amines) is 1. The Labute approximate surface area is 103 Å². The molecule has 16 heavy (non-hydrogen) atoms. The van der Waals surface area contributed by atoms with E-state index in [0.717, 1.165) is 6.54 Å². The minimum Gasteiger partial charge on any atom is -0.299 e. The van der Waals surface area contributed by atoms with E-state index in [0.29, 0.717) is 11.8 Å². The summed E-state index contributed by atoms with van der Waals surface area (Å²) in [5.41, 5.74) is 1.48. The van der Waals surface area contributed by atoms with E-state index in [1.165, 1.54) is 25.1 Å². The third-order valence-corrected chi connectivity index (χ3v) is 3.34. The average Bonchev–Trinajstić information content (AvgIpc) is 2.79. The van der Waals surface area contributed by atoms with Gasteiger partial charge in [0, 0.05) is 19.0 Å². The summed E-state index contributed by atoms with van der Waals surface area (Å²) in [7, 11) is 0. The minimum atomic E-state index is 0.621. The van der Waals surface area contributed by atoms with E-state index in [1.807, 2.05) is 6.08 Å². The van der Waals surface area contributed by atoms with Crippen molar-refractivity contribution in [3.8, 4) is 0 Å². The van der Waals surface area contributed by atoms with Gasteiger partial charge in [0.1, 0.15) is 0 Å². The standard InChI is InChI=1S/C14H18ClN/c15-9-4-5-10-16-11-8-14(12-16)13-6-2-1-3-7-13/h1-7,14H,8-12H2. The predicted molar refractivity (Wildman–Crippen MR) is 70.1 cm³/mol. The highest BCUT2D eigenvalue weighted by Gasteiger charge is 2.22. The van der Waals surface area contributed by atoms with Crippen molar-refractivity contribution in [3.05, 3.63) is 48.0 Å². The van der Waals surface area contributed by atoms with Gasteiger partial charge in [-0.05, 0) is 24.4 Å². The molecule has 0 bridgehead atoms. The number of halogens is 1. The molecule has 86 valence electrons. The van der Waals surface area contributed by atoms with Gasteiger partial charge in [-0.25, -0.2) is 0 Å². The van der Waals surface area contributed by atoms with Crippen LogP contribution in [-0.2, 0) is 0 Å². The van der Waals surface area contributed by atoms with Crippen LogP contribution < -0.4 is 0 Å². The molecular formula is C14H18ClN. The number of alkyl halides is 1. The lowest BCUT2D eigenvalue weighted by molar-refractivity contribution is 0.372. The molecule has 1 unspecified atom stereocenters. The Hall–Kier alpha value is -0.790. The Kier molecular flexibility index (Phi) is 4.44. The molecule has 1 aliphatic rings. The van der Waals surface area contributed by atoms with Crippen molar-refractivity contribution in [1.82, 2.24) is 4.90 Å². The second-order valence-corrected chi connectivity index (χ2v) is 4.59. The van der Waals surface area contributed by atoms with Crippen molar-refractivity contribution in [2.24, 2.45) is 0 Å². The van der Waals surface area contributed by atoms with Crippen LogP contribution in [0.4, 0.5) is 0 Å². The lowest BCUT2D eigenvalue weighted by atomic mass is 9.99. The summed E-state index contributed by atoms with van der Waals surface area (Å²) in [4.78, 5) is 2.49. The van der Waals surface area contributed by atoms with Gasteiger partial charge in [0.25, 0.3) is 0 Å². The molecule has 1 fully saturated rings. The Morgan fingerprint density at radius 2 is 2.06 bits per heavy atom. The van der Waals surface area contributed by atoms with E-state index in [2.05, 4.69) is 41.3 Å². The maximum atomic E-state index is 5.61. The molecule has 0 saturated carbocycles. The van der Waals surface area contributed by atoms with Crippen molar-refractivity contribution in [1.29, 1.82) is 0 Å². The molecule has 1 atom stereocenters. The van der Waals surface area contributed by atoms with Crippen LogP contribution in [0, 0.1) is 0 Å². The summed E-state index contributed by atoms with van der Waals surface area (Å²) in [5, 5.41) is 0. The van der Waals surface area contributed by atoms with E-state index in [1.54, 1.807) is 0 Å². The normalized spacial score (nSPS) is 21.9. The molecular weight excluding hydrogens is 218 g/mol. The number of hydrogen-bond donors (Lipinski definition) is 0. The fourth-order valence-electron chi connectivity index (χ4n) is 2.28. The van der Waals surface area contributed by atoms with Crippen LogP contribution in [0.3, 0.4) is 0 Å². The van der Waals surface area contributed by atoms with Gasteiger partial charge in [-0.15, -0.1) is 11.6 Å². The van der Waals surface area contributed by atoms with Crippen molar-refractivity contribution < 1.29 is 0 Å². The van der Waals surface area contributed by atoms with E-state index in [9.17, 15) is 0 Å². The molecule has 0 radical (unpaired) electrons. The highest BCUT2D eigenvalue weighted by atomic mass is 35.5. The van der Waals surface area contributed by atoms with Crippen LogP contribution in [0.15, 0.2) is 42.5 Å². The van der Waals surface area contributed by atoms with Crippen molar-refractivity contribution in [3.63, 3.8) is 0 Å². The first-order chi connectivity index (χ1) is 7.90. The molecule has 1 heterocycles. The molecule has 2 rings (SSSR count). The Bertz CT molecular complexity index is 334. The van der Waals surface area contributed by atoms with Gasteiger partial charge in [-0.1, -0.05) is 42.5 Å². The van der Waals surface area contributed by atoms with Gasteiger partial charge in [0.2, 0.25) is 0 Å². The van der Waals surface area contributed by atoms with Crippen LogP contribution in [0.1, 0.15) is 17.9 Å². The highest BCUT2D eigenvalue weighted by molar-refractivity contribution is 6.18. The molecule has 1 saturated heterocycles. The third kappa shape index (κ3) is 3.10. The van der Waals surface area contributed by atoms with E-state index in [-0.39, 0.29) is 0 Å². The zero-order valence-electron chi connectivity index (χ0n) is 9.48. The molecule has 0 aromatic heterocycles. The predicted octanol–water partition coefficient (Wildman–Crippen LogP) is 3.27. The molecule has 1 aliphatic heterocycles. The largest absolute Gasteiger partial charge is 0.299 e. The van der Waals surface area contributed by atoms with Crippen LogP contribution in [0.5, 0.6) is 0 Å². The molecule has 0 N–H and O–H groups in total. The van der Waals surface area contributed by atoms with Crippen LogP contribution >= 0.6 is 11.6 Å². The number of nitrogens with zero attached hydrogens (tertiary/aromatic N) is 1. The molecule has 1 aromatic rings. The second-order valence-electron chi connectivity index (χ2n) is 4.28. The Balaban J connectivity index is 1.86. The summed E-state index contributed by atoms with van der Waals surface area (Å²) >= 11 is 5.61. The summed E-state index contributed by atoms with van der Waals surface area (Å²) in [5.74, 6) is 1.33. The molecule has 0 amide bonds. The van der Waals surface area contributed by atoms with Gasteiger partial charge in [0.15, 0.2) is 0 Å². The highest BCUT2D eigenvalue weighted by Crippen LogP contribution is 2.26. The Morgan fingerprint density at radius 1 is 1.25 bits per heavy atom. The van der Waals surface area contributed by atoms with E-state index in [4.69, 9.17) is 11.6 Å². The lowest BCUT2D eigenvalue weighted by Crippen LogP contribution is -2.20. The first-order valence-electron chi connectivity index (χ1n) is 5.88. The summed E-state index contributed by atoms with van der Waals surface area (Å²) in [6, 6.07) is 10.8. The van der Waals surface area contributed by atoms with Gasteiger partial charge in [-0.3, -0.25) is 4.90 Å². The first-order valence-corrected chi connectivity index (χ1v) is 6.42. The van der Waals surface area contributed by atoms with Gasteiger partial charge >= 0.3 is 0 Å². The van der Waals surface area contributed by atoms with Crippen molar-refractivity contribution in [2.45, 2.75) is 12.3 Å². The van der Waals surface area contributed by atoms with Gasteiger partial charge in [0.05, 0.1) is 0 Å². The van der Waals surface area contributed by atoms with Crippen molar-refractivity contribution in [2.75, 3.05) is 25.5 Å². The van der Waals surface area contributed by atoms with Gasteiger partial charge < -0.3 is 0 Å². The molecule has 1 aromatic carbocycles. The summed E-state index contributed by atoms with van der Waals surface area (Å²) in [6.45, 7) is 3.42. The molecule has 0 aliphatic carbocycles. The Morgan fingerprint density at radius 3 is 2.81 bits per heavy atom. The summed E-state index contributed by atoms with van der Waals surface area (Å²) in [6.07, 6.45) is 5.47. The maximum Gasteiger partial charge on any atom is 0.0404 e. The molecule has 1 nitrogen and oxygen atoms in total. The van der Waals surface area contributed by atoms with Crippen LogP contribution in [0.25, 0.3) is 0 Å². The SMILES string of the molecule is ClCC=CCN1CCC(c2ccccc2)C1. The summed E-state index contributed by atoms with van der Waals surface area (Å²) < 4.78 is 0. The zero-order valence-corrected chi connectivity index (χ0v) is 10.2.